The molecule has 4 rings (SSSR count). The minimum atomic E-state index is -0.780. The Bertz CT molecular complexity index is 1290. The van der Waals surface area contributed by atoms with Crippen LogP contribution in [0.1, 0.15) is 43.2 Å². The number of benzene rings is 3. The van der Waals surface area contributed by atoms with Crippen molar-refractivity contribution >= 4 is 62.5 Å². The molecule has 1 aliphatic carbocycles. The molecule has 206 valence electrons. The fraction of sp³-hybridized carbons (Fsp3) is 0.333. The van der Waals surface area contributed by atoms with E-state index < -0.39 is 6.04 Å². The Balaban J connectivity index is 1.64. The fourth-order valence-corrected chi connectivity index (χ4v) is 5.94. The van der Waals surface area contributed by atoms with Crippen LogP contribution in [-0.2, 0) is 22.6 Å². The SMILES string of the molecule is O=C(NC1CCCCC1)[C@H](Cc1ccccc1)N(Cc1ccc(Cl)cc1Cl)C(=O)COc1ccc(Br)cc1Cl. The second-order valence-electron chi connectivity index (χ2n) is 9.67. The smallest absolute Gasteiger partial charge is 0.261 e. The Morgan fingerprint density at radius 2 is 1.69 bits per heavy atom. The van der Waals surface area contributed by atoms with E-state index in [0.29, 0.717) is 32.8 Å². The van der Waals surface area contributed by atoms with E-state index in [-0.39, 0.29) is 31.0 Å². The van der Waals surface area contributed by atoms with Crippen LogP contribution >= 0.6 is 50.7 Å². The van der Waals surface area contributed by atoms with Gasteiger partial charge in [0.05, 0.1) is 5.02 Å². The van der Waals surface area contributed by atoms with Gasteiger partial charge in [0.15, 0.2) is 6.61 Å². The Labute approximate surface area is 252 Å². The second kappa shape index (κ2) is 14.4. The molecule has 2 amide bonds. The highest BCUT2D eigenvalue weighted by Crippen LogP contribution is 2.29. The third-order valence-corrected chi connectivity index (χ3v) is 8.20. The quantitative estimate of drug-likeness (QED) is 0.243. The van der Waals surface area contributed by atoms with Crippen LogP contribution in [0.4, 0.5) is 0 Å². The van der Waals surface area contributed by atoms with E-state index in [2.05, 4.69) is 21.2 Å². The lowest BCUT2D eigenvalue weighted by molar-refractivity contribution is -0.143. The van der Waals surface area contributed by atoms with Crippen molar-refractivity contribution in [3.05, 3.63) is 97.4 Å². The Morgan fingerprint density at radius 3 is 2.38 bits per heavy atom. The van der Waals surface area contributed by atoms with E-state index in [0.717, 1.165) is 35.7 Å². The summed E-state index contributed by atoms with van der Waals surface area (Å²) in [6, 6.07) is 19.3. The van der Waals surface area contributed by atoms with Crippen LogP contribution < -0.4 is 10.1 Å². The van der Waals surface area contributed by atoms with E-state index in [9.17, 15) is 9.59 Å². The first kappa shape index (κ1) is 29.7. The van der Waals surface area contributed by atoms with Crippen LogP contribution in [0, 0.1) is 0 Å². The zero-order valence-electron chi connectivity index (χ0n) is 21.3. The van der Waals surface area contributed by atoms with Gasteiger partial charge in [0, 0.05) is 33.5 Å². The van der Waals surface area contributed by atoms with E-state index in [1.807, 2.05) is 30.3 Å². The molecule has 39 heavy (non-hydrogen) atoms. The number of amides is 2. The summed E-state index contributed by atoms with van der Waals surface area (Å²) in [6.45, 7) is -0.184. The molecular formula is C30H30BrCl3N2O3. The topological polar surface area (TPSA) is 58.6 Å². The molecule has 1 atom stereocenters. The largest absolute Gasteiger partial charge is 0.482 e. The first-order chi connectivity index (χ1) is 18.8. The highest BCUT2D eigenvalue weighted by molar-refractivity contribution is 9.10. The lowest BCUT2D eigenvalue weighted by atomic mass is 9.94. The molecule has 0 saturated heterocycles. The lowest BCUT2D eigenvalue weighted by Crippen LogP contribution is -2.53. The Kier molecular flexibility index (Phi) is 11.0. The van der Waals surface area contributed by atoms with Crippen molar-refractivity contribution in [2.24, 2.45) is 0 Å². The van der Waals surface area contributed by atoms with Gasteiger partial charge in [0.1, 0.15) is 11.8 Å². The van der Waals surface area contributed by atoms with E-state index in [1.165, 1.54) is 6.42 Å². The van der Waals surface area contributed by atoms with Gasteiger partial charge in [0.25, 0.3) is 5.91 Å². The average molecular weight is 653 g/mol. The molecule has 1 N–H and O–H groups in total. The normalized spacial score (nSPS) is 14.5. The summed E-state index contributed by atoms with van der Waals surface area (Å²) < 4.78 is 6.62. The molecule has 0 bridgehead atoms. The minimum Gasteiger partial charge on any atom is -0.482 e. The monoisotopic (exact) mass is 650 g/mol. The van der Waals surface area contributed by atoms with Gasteiger partial charge in [-0.1, -0.05) is 106 Å². The molecule has 1 fully saturated rings. The van der Waals surface area contributed by atoms with Gasteiger partial charge in [-0.05, 0) is 54.3 Å². The predicted molar refractivity (Wildman–Crippen MR) is 161 cm³/mol. The van der Waals surface area contributed by atoms with Gasteiger partial charge in [-0.3, -0.25) is 9.59 Å². The number of hydrogen-bond acceptors (Lipinski definition) is 3. The fourth-order valence-electron chi connectivity index (χ4n) is 4.75. The molecule has 1 saturated carbocycles. The number of nitrogens with one attached hydrogen (secondary N) is 1. The lowest BCUT2D eigenvalue weighted by Gasteiger charge is -2.33. The van der Waals surface area contributed by atoms with Crippen LogP contribution in [0.5, 0.6) is 5.75 Å². The van der Waals surface area contributed by atoms with Crippen molar-refractivity contribution in [1.29, 1.82) is 0 Å². The summed E-state index contributed by atoms with van der Waals surface area (Å²) in [5, 5.41) is 4.51. The van der Waals surface area contributed by atoms with Crippen LogP contribution in [0.3, 0.4) is 0 Å². The molecule has 3 aromatic rings. The van der Waals surface area contributed by atoms with Crippen molar-refractivity contribution in [3.8, 4) is 5.75 Å². The van der Waals surface area contributed by atoms with Gasteiger partial charge in [-0.25, -0.2) is 0 Å². The first-order valence-electron chi connectivity index (χ1n) is 13.0. The molecule has 9 heteroatoms. The number of halogens is 4. The first-order valence-corrected chi connectivity index (χ1v) is 14.9. The average Bonchev–Trinajstić information content (AvgIpc) is 2.92. The molecule has 3 aromatic carbocycles. The highest BCUT2D eigenvalue weighted by Gasteiger charge is 2.32. The number of nitrogens with zero attached hydrogens (tertiary/aromatic N) is 1. The number of carbonyl (C=O) groups is 2. The zero-order valence-corrected chi connectivity index (χ0v) is 25.2. The third-order valence-electron chi connectivity index (χ3n) is 6.82. The second-order valence-corrected chi connectivity index (χ2v) is 11.8. The van der Waals surface area contributed by atoms with E-state index >= 15 is 0 Å². The Hall–Kier alpha value is -2.25. The summed E-state index contributed by atoms with van der Waals surface area (Å²) in [4.78, 5) is 29.2. The molecule has 0 aromatic heterocycles. The summed E-state index contributed by atoms with van der Waals surface area (Å²) in [5.41, 5.74) is 1.62. The maximum atomic E-state index is 13.8. The van der Waals surface area contributed by atoms with Crippen molar-refractivity contribution in [2.45, 2.75) is 57.2 Å². The minimum absolute atomic E-state index is 0.0958. The van der Waals surface area contributed by atoms with Crippen molar-refractivity contribution < 1.29 is 14.3 Å². The maximum absolute atomic E-state index is 13.8. The molecule has 0 unspecified atom stereocenters. The number of carbonyl (C=O) groups excluding carboxylic acids is 2. The highest BCUT2D eigenvalue weighted by atomic mass is 79.9. The molecule has 5 nitrogen and oxygen atoms in total. The predicted octanol–water partition coefficient (Wildman–Crippen LogP) is 7.88. The number of hydrogen-bond donors (Lipinski definition) is 1. The molecule has 1 aliphatic rings. The van der Waals surface area contributed by atoms with E-state index in [1.54, 1.807) is 41.3 Å². The third kappa shape index (κ3) is 8.62. The molecule has 0 radical (unpaired) electrons. The molecule has 0 aliphatic heterocycles. The van der Waals surface area contributed by atoms with Crippen molar-refractivity contribution in [3.63, 3.8) is 0 Å². The van der Waals surface area contributed by atoms with Crippen molar-refractivity contribution in [1.82, 2.24) is 10.2 Å². The molecular weight excluding hydrogens is 623 g/mol. The van der Waals surface area contributed by atoms with Gasteiger partial charge in [0.2, 0.25) is 5.91 Å². The maximum Gasteiger partial charge on any atom is 0.261 e. The summed E-state index contributed by atoms with van der Waals surface area (Å²) in [6.07, 6.45) is 5.56. The molecule has 0 heterocycles. The van der Waals surface area contributed by atoms with Gasteiger partial charge in [-0.2, -0.15) is 0 Å². The summed E-state index contributed by atoms with van der Waals surface area (Å²) in [7, 11) is 0. The zero-order chi connectivity index (χ0) is 27.8. The summed E-state index contributed by atoms with van der Waals surface area (Å²) in [5.74, 6) is -0.172. The molecule has 0 spiro atoms. The van der Waals surface area contributed by atoms with Gasteiger partial charge >= 0.3 is 0 Å². The summed E-state index contributed by atoms with van der Waals surface area (Å²) >= 11 is 22.3. The van der Waals surface area contributed by atoms with Crippen molar-refractivity contribution in [2.75, 3.05) is 6.61 Å². The van der Waals surface area contributed by atoms with Gasteiger partial charge in [-0.15, -0.1) is 0 Å². The van der Waals surface area contributed by atoms with Gasteiger partial charge < -0.3 is 15.0 Å². The van der Waals surface area contributed by atoms with E-state index in [4.69, 9.17) is 39.5 Å². The Morgan fingerprint density at radius 1 is 0.949 bits per heavy atom. The standard InChI is InChI=1S/C30H30BrCl3N2O3/c31-22-12-14-28(26(34)16-22)39-19-29(37)36(18-21-11-13-23(32)17-25(21)33)27(15-20-7-3-1-4-8-20)30(38)35-24-9-5-2-6-10-24/h1,3-4,7-8,11-14,16-17,24,27H,2,5-6,9-10,15,18-19H2,(H,35,38)/t27-/m0/s1. The number of ether oxygens (including phenoxy) is 1. The van der Waals surface area contributed by atoms with Crippen LogP contribution in [-0.4, -0.2) is 35.4 Å². The number of rotatable bonds is 10. The van der Waals surface area contributed by atoms with Crippen LogP contribution in [0.15, 0.2) is 71.2 Å². The van der Waals surface area contributed by atoms with Crippen LogP contribution in [0.25, 0.3) is 0 Å². The van der Waals surface area contributed by atoms with Crippen LogP contribution in [0.2, 0.25) is 15.1 Å².